The van der Waals surface area contributed by atoms with Gasteiger partial charge in [0.2, 0.25) is 0 Å². The number of carbonyl (C=O) groups is 2. The first-order chi connectivity index (χ1) is 6.02. The van der Waals surface area contributed by atoms with Crippen molar-refractivity contribution in [3.05, 3.63) is 32.9 Å². The minimum absolute atomic E-state index is 0.270. The molecular weight excluding hydrogens is 326 g/mol. The van der Waals surface area contributed by atoms with Gasteiger partial charge in [-0.3, -0.25) is 9.59 Å². The van der Waals surface area contributed by atoms with Crippen molar-refractivity contribution in [2.75, 3.05) is 0 Å². The Labute approximate surface area is 98.4 Å². The number of rotatable bonds is 2. The molecule has 0 fully saturated rings. The summed E-state index contributed by atoms with van der Waals surface area (Å²) in [6.45, 7) is 0. The Morgan fingerprint density at radius 3 is 2.23 bits per heavy atom. The highest BCUT2D eigenvalue weighted by molar-refractivity contribution is 14.1. The quantitative estimate of drug-likeness (QED) is 0.617. The number of halogens is 3. The van der Waals surface area contributed by atoms with Crippen molar-refractivity contribution in [3.63, 3.8) is 0 Å². The molecule has 2 nitrogen and oxygen atoms in total. The summed E-state index contributed by atoms with van der Waals surface area (Å²) in [7, 11) is 0. The summed E-state index contributed by atoms with van der Waals surface area (Å²) in [4.78, 5) is 21.6. The molecule has 68 valence electrons. The summed E-state index contributed by atoms with van der Waals surface area (Å²) in [6, 6.07) is 4.54. The molecule has 0 bridgehead atoms. The standard InChI is InChI=1S/C8H3Cl2IO2/c9-7(12)4-1-2-6(11)5(3-4)8(10)13/h1-3H. The van der Waals surface area contributed by atoms with Crippen LogP contribution in [0, 0.1) is 3.57 Å². The van der Waals surface area contributed by atoms with E-state index >= 15 is 0 Å². The van der Waals surface area contributed by atoms with Crippen molar-refractivity contribution >= 4 is 56.3 Å². The minimum Gasteiger partial charge on any atom is -0.276 e. The van der Waals surface area contributed by atoms with Crippen LogP contribution < -0.4 is 0 Å². The molecule has 1 aromatic rings. The van der Waals surface area contributed by atoms with E-state index in [2.05, 4.69) is 0 Å². The maximum Gasteiger partial charge on any atom is 0.253 e. The van der Waals surface area contributed by atoms with E-state index in [9.17, 15) is 9.59 Å². The van der Waals surface area contributed by atoms with Crippen LogP contribution in [0.5, 0.6) is 0 Å². The first-order valence-corrected chi connectivity index (χ1v) is 5.05. The van der Waals surface area contributed by atoms with Gasteiger partial charge in [0.1, 0.15) is 0 Å². The lowest BCUT2D eigenvalue weighted by Gasteiger charge is -1.99. The summed E-state index contributed by atoms with van der Waals surface area (Å²) >= 11 is 12.5. The van der Waals surface area contributed by atoms with E-state index in [0.717, 1.165) is 0 Å². The summed E-state index contributed by atoms with van der Waals surface area (Å²) in [6.07, 6.45) is 0. The van der Waals surface area contributed by atoms with Gasteiger partial charge in [0.05, 0.1) is 0 Å². The molecule has 0 radical (unpaired) electrons. The molecule has 0 spiro atoms. The average Bonchev–Trinajstić information content (AvgIpc) is 2.04. The van der Waals surface area contributed by atoms with Gasteiger partial charge in [0, 0.05) is 14.7 Å². The smallest absolute Gasteiger partial charge is 0.253 e. The SMILES string of the molecule is O=C(Cl)c1ccc(I)c(C(=O)Cl)c1. The Morgan fingerprint density at radius 1 is 1.15 bits per heavy atom. The van der Waals surface area contributed by atoms with Gasteiger partial charge in [-0.05, 0) is 64.0 Å². The van der Waals surface area contributed by atoms with Gasteiger partial charge < -0.3 is 0 Å². The molecule has 5 heteroatoms. The van der Waals surface area contributed by atoms with Gasteiger partial charge >= 0.3 is 0 Å². The van der Waals surface area contributed by atoms with E-state index in [1.807, 2.05) is 22.6 Å². The second kappa shape index (κ2) is 4.39. The Morgan fingerprint density at radius 2 is 1.77 bits per heavy atom. The predicted octanol–water partition coefficient (Wildman–Crippen LogP) is 3.05. The number of hydrogen-bond donors (Lipinski definition) is 0. The fourth-order valence-electron chi connectivity index (χ4n) is 0.798. The Kier molecular flexibility index (Phi) is 3.70. The van der Waals surface area contributed by atoms with E-state index in [1.165, 1.54) is 6.07 Å². The second-order valence-electron chi connectivity index (χ2n) is 2.24. The van der Waals surface area contributed by atoms with E-state index in [0.29, 0.717) is 9.13 Å². The van der Waals surface area contributed by atoms with Crippen LogP contribution in [0.2, 0.25) is 0 Å². The molecule has 0 heterocycles. The van der Waals surface area contributed by atoms with Gasteiger partial charge in [0.25, 0.3) is 10.5 Å². The number of benzene rings is 1. The topological polar surface area (TPSA) is 34.1 Å². The fraction of sp³-hybridized carbons (Fsp3) is 0. The average molecular weight is 329 g/mol. The third-order valence-electron chi connectivity index (χ3n) is 1.41. The van der Waals surface area contributed by atoms with Crippen LogP contribution in [0.25, 0.3) is 0 Å². The first-order valence-electron chi connectivity index (χ1n) is 3.21. The van der Waals surface area contributed by atoms with Crippen molar-refractivity contribution in [1.29, 1.82) is 0 Å². The van der Waals surface area contributed by atoms with Crippen LogP contribution in [0.1, 0.15) is 20.7 Å². The van der Waals surface area contributed by atoms with Gasteiger partial charge in [-0.1, -0.05) is 0 Å². The van der Waals surface area contributed by atoms with Gasteiger partial charge in [-0.15, -0.1) is 0 Å². The second-order valence-corrected chi connectivity index (χ2v) is 4.09. The molecule has 0 aliphatic carbocycles. The maximum atomic E-state index is 10.8. The summed E-state index contributed by atoms with van der Waals surface area (Å²) < 4.78 is 0.694. The first kappa shape index (κ1) is 10.9. The molecule has 0 N–H and O–H groups in total. The van der Waals surface area contributed by atoms with Crippen molar-refractivity contribution in [2.45, 2.75) is 0 Å². The van der Waals surface area contributed by atoms with E-state index in [4.69, 9.17) is 23.2 Å². The molecule has 0 unspecified atom stereocenters. The lowest BCUT2D eigenvalue weighted by atomic mass is 10.1. The number of carbonyl (C=O) groups excluding carboxylic acids is 2. The van der Waals surface area contributed by atoms with Crippen molar-refractivity contribution in [3.8, 4) is 0 Å². The molecule has 0 saturated carbocycles. The molecule has 0 atom stereocenters. The van der Waals surface area contributed by atoms with Gasteiger partial charge in [0.15, 0.2) is 0 Å². The zero-order chi connectivity index (χ0) is 10.0. The molecular formula is C8H3Cl2IO2. The van der Waals surface area contributed by atoms with Crippen molar-refractivity contribution in [1.82, 2.24) is 0 Å². The monoisotopic (exact) mass is 328 g/mol. The zero-order valence-corrected chi connectivity index (χ0v) is 9.85. The normalized spacial score (nSPS) is 9.77. The van der Waals surface area contributed by atoms with Gasteiger partial charge in [-0.2, -0.15) is 0 Å². The minimum atomic E-state index is -0.601. The highest BCUT2D eigenvalue weighted by Gasteiger charge is 2.10. The van der Waals surface area contributed by atoms with Crippen LogP contribution in [0.15, 0.2) is 18.2 Å². The highest BCUT2D eigenvalue weighted by Crippen LogP contribution is 2.17. The fourth-order valence-corrected chi connectivity index (χ4v) is 1.81. The molecule has 1 aromatic carbocycles. The molecule has 0 aliphatic rings. The summed E-state index contributed by atoms with van der Waals surface area (Å²) in [5, 5.41) is -1.19. The molecule has 0 aliphatic heterocycles. The van der Waals surface area contributed by atoms with Crippen molar-refractivity contribution < 1.29 is 9.59 Å². The van der Waals surface area contributed by atoms with Crippen LogP contribution in [0.3, 0.4) is 0 Å². The Balaban J connectivity index is 3.27. The third-order valence-corrected chi connectivity index (χ3v) is 2.77. The van der Waals surface area contributed by atoms with E-state index in [1.54, 1.807) is 12.1 Å². The van der Waals surface area contributed by atoms with Crippen molar-refractivity contribution in [2.24, 2.45) is 0 Å². The lowest BCUT2D eigenvalue weighted by molar-refractivity contribution is 0.107. The zero-order valence-electron chi connectivity index (χ0n) is 6.18. The molecule has 13 heavy (non-hydrogen) atoms. The number of hydrogen-bond acceptors (Lipinski definition) is 2. The van der Waals surface area contributed by atoms with Crippen LogP contribution >= 0.6 is 45.8 Å². The molecule has 1 rings (SSSR count). The highest BCUT2D eigenvalue weighted by atomic mass is 127. The van der Waals surface area contributed by atoms with Crippen LogP contribution in [-0.4, -0.2) is 10.5 Å². The van der Waals surface area contributed by atoms with E-state index in [-0.39, 0.29) is 5.56 Å². The third kappa shape index (κ3) is 2.65. The molecule has 0 saturated heterocycles. The van der Waals surface area contributed by atoms with E-state index < -0.39 is 10.5 Å². The molecule has 0 amide bonds. The Hall–Kier alpha value is -0.130. The lowest BCUT2D eigenvalue weighted by Crippen LogP contribution is -1.97. The van der Waals surface area contributed by atoms with Gasteiger partial charge in [-0.25, -0.2) is 0 Å². The van der Waals surface area contributed by atoms with Crippen LogP contribution in [-0.2, 0) is 0 Å². The van der Waals surface area contributed by atoms with Crippen LogP contribution in [0.4, 0.5) is 0 Å². The summed E-state index contributed by atoms with van der Waals surface area (Å²) in [5.74, 6) is 0. The maximum absolute atomic E-state index is 10.8. The Bertz CT molecular complexity index is 376. The largest absolute Gasteiger partial charge is 0.276 e. The summed E-state index contributed by atoms with van der Waals surface area (Å²) in [5.41, 5.74) is 0.569. The predicted molar refractivity (Wildman–Crippen MR) is 59.5 cm³/mol. The molecule has 0 aromatic heterocycles.